The zero-order valence-corrected chi connectivity index (χ0v) is 8.58. The fraction of sp³-hybridized carbons (Fsp3) is 1.00. The number of likely N-dealkylation sites (N-methyl/N-ethyl adjacent to an activating group) is 1. The molecule has 0 aromatic rings. The molecule has 2 aliphatic heterocycles. The molecule has 0 aromatic heterocycles. The van der Waals surface area contributed by atoms with Gasteiger partial charge in [0.1, 0.15) is 0 Å². The first-order valence-corrected chi connectivity index (χ1v) is 5.16. The molecule has 0 saturated carbocycles. The molecule has 76 valence electrons. The molecule has 13 heavy (non-hydrogen) atoms. The van der Waals surface area contributed by atoms with E-state index in [2.05, 4.69) is 18.7 Å². The molecule has 3 heteroatoms. The Labute approximate surface area is 80.0 Å². The van der Waals surface area contributed by atoms with Crippen LogP contribution in [-0.4, -0.2) is 50.5 Å². The van der Waals surface area contributed by atoms with E-state index in [9.17, 15) is 0 Å². The number of morpholine rings is 1. The van der Waals surface area contributed by atoms with Crippen LogP contribution in [-0.2, 0) is 9.47 Å². The van der Waals surface area contributed by atoms with E-state index in [0.717, 1.165) is 39.5 Å². The summed E-state index contributed by atoms with van der Waals surface area (Å²) in [5, 5.41) is 0. The second-order valence-electron chi connectivity index (χ2n) is 4.40. The van der Waals surface area contributed by atoms with Crippen LogP contribution in [0.2, 0.25) is 0 Å². The highest BCUT2D eigenvalue weighted by molar-refractivity contribution is 4.92. The molecule has 0 N–H and O–H groups in total. The minimum atomic E-state index is 0.286. The molecule has 1 atom stereocenters. The SMILES string of the molecule is CCN1CCOC(C2(C)COC2)C1. The molecule has 1 unspecified atom stereocenters. The molecule has 2 rings (SSSR count). The van der Waals surface area contributed by atoms with Crippen molar-refractivity contribution in [1.29, 1.82) is 0 Å². The standard InChI is InChI=1S/C10H19NO2/c1-3-11-4-5-13-9(6-11)10(2)7-12-8-10/h9H,3-8H2,1-2H3. The molecule has 0 spiro atoms. The van der Waals surface area contributed by atoms with Gasteiger partial charge in [0, 0.05) is 18.5 Å². The Kier molecular flexibility index (Phi) is 2.58. The fourth-order valence-electron chi connectivity index (χ4n) is 2.02. The Balaban J connectivity index is 1.91. The van der Waals surface area contributed by atoms with E-state index in [1.807, 2.05) is 0 Å². The Morgan fingerprint density at radius 1 is 1.46 bits per heavy atom. The molecule has 2 saturated heterocycles. The summed E-state index contributed by atoms with van der Waals surface area (Å²) in [5.74, 6) is 0. The first kappa shape index (κ1) is 9.44. The molecular weight excluding hydrogens is 166 g/mol. The van der Waals surface area contributed by atoms with E-state index in [1.165, 1.54) is 0 Å². The molecule has 2 fully saturated rings. The smallest absolute Gasteiger partial charge is 0.0800 e. The highest BCUT2D eigenvalue weighted by Gasteiger charge is 2.43. The van der Waals surface area contributed by atoms with Crippen molar-refractivity contribution in [2.45, 2.75) is 20.0 Å². The maximum atomic E-state index is 5.80. The van der Waals surface area contributed by atoms with Crippen molar-refractivity contribution in [1.82, 2.24) is 4.90 Å². The van der Waals surface area contributed by atoms with E-state index < -0.39 is 0 Å². The maximum absolute atomic E-state index is 5.80. The third kappa shape index (κ3) is 1.73. The van der Waals surface area contributed by atoms with Gasteiger partial charge in [-0.25, -0.2) is 0 Å². The normalized spacial score (nSPS) is 34.2. The van der Waals surface area contributed by atoms with Crippen LogP contribution >= 0.6 is 0 Å². The van der Waals surface area contributed by atoms with Gasteiger partial charge in [-0.3, -0.25) is 4.90 Å². The summed E-state index contributed by atoms with van der Waals surface area (Å²) in [6.07, 6.45) is 0.384. The van der Waals surface area contributed by atoms with Gasteiger partial charge in [-0.1, -0.05) is 13.8 Å². The summed E-state index contributed by atoms with van der Waals surface area (Å²) in [4.78, 5) is 2.46. The predicted molar refractivity (Wildman–Crippen MR) is 50.8 cm³/mol. The topological polar surface area (TPSA) is 21.7 Å². The third-order valence-electron chi connectivity index (χ3n) is 3.24. The van der Waals surface area contributed by atoms with E-state index in [4.69, 9.17) is 9.47 Å². The summed E-state index contributed by atoms with van der Waals surface area (Å²) in [6, 6.07) is 0. The summed E-state index contributed by atoms with van der Waals surface area (Å²) >= 11 is 0. The lowest BCUT2D eigenvalue weighted by atomic mass is 9.81. The van der Waals surface area contributed by atoms with Crippen molar-refractivity contribution < 1.29 is 9.47 Å². The fourth-order valence-corrected chi connectivity index (χ4v) is 2.02. The van der Waals surface area contributed by atoms with Crippen molar-refractivity contribution >= 4 is 0 Å². The zero-order chi connectivity index (χ0) is 9.31. The zero-order valence-electron chi connectivity index (χ0n) is 8.58. The number of hydrogen-bond donors (Lipinski definition) is 0. The van der Waals surface area contributed by atoms with Gasteiger partial charge in [-0.15, -0.1) is 0 Å². The summed E-state index contributed by atoms with van der Waals surface area (Å²) in [7, 11) is 0. The van der Waals surface area contributed by atoms with Gasteiger partial charge in [-0.2, -0.15) is 0 Å². The molecule has 3 nitrogen and oxygen atoms in total. The Morgan fingerprint density at radius 2 is 2.23 bits per heavy atom. The second kappa shape index (κ2) is 3.56. The van der Waals surface area contributed by atoms with Crippen LogP contribution in [0.4, 0.5) is 0 Å². The van der Waals surface area contributed by atoms with Crippen LogP contribution in [0.15, 0.2) is 0 Å². The van der Waals surface area contributed by atoms with Gasteiger partial charge in [-0.05, 0) is 6.54 Å². The van der Waals surface area contributed by atoms with Crippen molar-refractivity contribution in [2.24, 2.45) is 5.41 Å². The average Bonchev–Trinajstić information content (AvgIpc) is 2.14. The molecule has 2 heterocycles. The molecule has 0 radical (unpaired) electrons. The minimum absolute atomic E-state index is 0.286. The third-order valence-corrected chi connectivity index (χ3v) is 3.24. The van der Waals surface area contributed by atoms with E-state index >= 15 is 0 Å². The molecule has 0 aromatic carbocycles. The first-order chi connectivity index (χ1) is 6.24. The Morgan fingerprint density at radius 3 is 2.77 bits per heavy atom. The van der Waals surface area contributed by atoms with Gasteiger partial charge in [0.25, 0.3) is 0 Å². The molecule has 0 aliphatic carbocycles. The first-order valence-electron chi connectivity index (χ1n) is 5.16. The lowest BCUT2D eigenvalue weighted by molar-refractivity contribution is -0.196. The monoisotopic (exact) mass is 185 g/mol. The van der Waals surface area contributed by atoms with Crippen molar-refractivity contribution in [3.05, 3.63) is 0 Å². The minimum Gasteiger partial charge on any atom is -0.380 e. The van der Waals surface area contributed by atoms with Crippen molar-refractivity contribution in [3.63, 3.8) is 0 Å². The van der Waals surface area contributed by atoms with Crippen molar-refractivity contribution in [2.75, 3.05) is 39.5 Å². The number of nitrogens with zero attached hydrogens (tertiary/aromatic N) is 1. The average molecular weight is 185 g/mol. The van der Waals surface area contributed by atoms with E-state index in [1.54, 1.807) is 0 Å². The highest BCUT2D eigenvalue weighted by atomic mass is 16.5. The van der Waals surface area contributed by atoms with Crippen LogP contribution in [0, 0.1) is 5.41 Å². The lowest BCUT2D eigenvalue weighted by Crippen LogP contribution is -2.57. The van der Waals surface area contributed by atoms with Gasteiger partial charge >= 0.3 is 0 Å². The molecule has 2 aliphatic rings. The van der Waals surface area contributed by atoms with E-state index in [-0.39, 0.29) is 5.41 Å². The number of ether oxygens (including phenoxy) is 2. The van der Waals surface area contributed by atoms with Crippen molar-refractivity contribution in [3.8, 4) is 0 Å². The van der Waals surface area contributed by atoms with Gasteiger partial charge < -0.3 is 9.47 Å². The van der Waals surface area contributed by atoms with Crippen LogP contribution in [0.3, 0.4) is 0 Å². The van der Waals surface area contributed by atoms with Gasteiger partial charge in [0.05, 0.1) is 25.9 Å². The maximum Gasteiger partial charge on any atom is 0.0800 e. The van der Waals surface area contributed by atoms with Crippen LogP contribution in [0.25, 0.3) is 0 Å². The van der Waals surface area contributed by atoms with Crippen LogP contribution < -0.4 is 0 Å². The Bertz CT molecular complexity index is 180. The van der Waals surface area contributed by atoms with Crippen LogP contribution in [0.5, 0.6) is 0 Å². The van der Waals surface area contributed by atoms with Crippen LogP contribution in [0.1, 0.15) is 13.8 Å². The summed E-state index contributed by atoms with van der Waals surface area (Å²) < 4.78 is 11.1. The lowest BCUT2D eigenvalue weighted by Gasteiger charge is -2.47. The summed E-state index contributed by atoms with van der Waals surface area (Å²) in [5.41, 5.74) is 0.286. The second-order valence-corrected chi connectivity index (χ2v) is 4.40. The number of rotatable bonds is 2. The molecule has 0 amide bonds. The molecule has 0 bridgehead atoms. The number of hydrogen-bond acceptors (Lipinski definition) is 3. The van der Waals surface area contributed by atoms with E-state index in [0.29, 0.717) is 6.10 Å². The van der Waals surface area contributed by atoms with Gasteiger partial charge in [0.2, 0.25) is 0 Å². The summed E-state index contributed by atoms with van der Waals surface area (Å²) in [6.45, 7) is 10.4. The quantitative estimate of drug-likeness (QED) is 0.633. The largest absolute Gasteiger partial charge is 0.380 e. The van der Waals surface area contributed by atoms with Gasteiger partial charge in [0.15, 0.2) is 0 Å². The molecular formula is C10H19NO2. The predicted octanol–water partition coefficient (Wildman–Crippen LogP) is 0.744. The Hall–Kier alpha value is -0.120. The highest BCUT2D eigenvalue weighted by Crippen LogP contribution is 2.34.